The molecule has 0 bridgehead atoms. The Balaban J connectivity index is 1.91. The molecule has 1 heterocycles. The maximum atomic E-state index is 11.2. The Labute approximate surface area is 187 Å². The maximum absolute atomic E-state index is 11.2. The van der Waals surface area contributed by atoms with Gasteiger partial charge in [-0.15, -0.1) is 4.80 Å². The van der Waals surface area contributed by atoms with Crippen LogP contribution >= 0.6 is 0 Å². The van der Waals surface area contributed by atoms with Gasteiger partial charge in [0.25, 0.3) is 0 Å². The van der Waals surface area contributed by atoms with Crippen molar-refractivity contribution in [2.75, 3.05) is 0 Å². The van der Waals surface area contributed by atoms with Crippen molar-refractivity contribution in [2.45, 2.75) is 84.5 Å². The Morgan fingerprint density at radius 2 is 1.58 bits per heavy atom. The zero-order valence-electron chi connectivity index (χ0n) is 19.9. The normalized spacial score (nSPS) is 12.3. The van der Waals surface area contributed by atoms with Gasteiger partial charge in [-0.1, -0.05) is 77.9 Å². The number of hydrogen-bond acceptors (Lipinski definition) is 3. The summed E-state index contributed by atoms with van der Waals surface area (Å²) in [6.45, 7) is 13.2. The van der Waals surface area contributed by atoms with Crippen LogP contribution in [0.25, 0.3) is 5.69 Å². The number of rotatable bonds is 9. The second-order valence-corrected chi connectivity index (χ2v) is 9.83. The highest BCUT2D eigenvalue weighted by Crippen LogP contribution is 2.41. The molecule has 1 N–H and O–H groups in total. The van der Waals surface area contributed by atoms with E-state index in [0.29, 0.717) is 5.69 Å². The van der Waals surface area contributed by atoms with Crippen LogP contribution in [0.2, 0.25) is 0 Å². The molecule has 0 radical (unpaired) electrons. The van der Waals surface area contributed by atoms with Crippen LogP contribution in [0, 0.1) is 0 Å². The molecule has 4 nitrogen and oxygen atoms in total. The second-order valence-electron chi connectivity index (χ2n) is 9.83. The number of nitrogens with zero attached hydrogens (tertiary/aromatic N) is 3. The summed E-state index contributed by atoms with van der Waals surface area (Å²) in [5.74, 6) is 0.286. The first-order valence-corrected chi connectivity index (χ1v) is 11.5. The molecule has 4 heteroatoms. The van der Waals surface area contributed by atoms with Crippen molar-refractivity contribution >= 4 is 0 Å². The molecule has 0 aliphatic rings. The van der Waals surface area contributed by atoms with E-state index in [1.165, 1.54) is 11.1 Å². The number of hydrogen-bond donors (Lipinski definition) is 1. The highest BCUT2D eigenvalue weighted by Gasteiger charge is 2.29. The molecule has 31 heavy (non-hydrogen) atoms. The number of aromatic nitrogens is 3. The van der Waals surface area contributed by atoms with Gasteiger partial charge in [0.05, 0.1) is 11.9 Å². The highest BCUT2D eigenvalue weighted by atomic mass is 16.3. The topological polar surface area (TPSA) is 50.9 Å². The summed E-state index contributed by atoms with van der Waals surface area (Å²) in [4.78, 5) is 1.61. The van der Waals surface area contributed by atoms with Gasteiger partial charge >= 0.3 is 0 Å². The summed E-state index contributed by atoms with van der Waals surface area (Å²) < 4.78 is 0. The molecule has 0 saturated carbocycles. The summed E-state index contributed by atoms with van der Waals surface area (Å²) in [5, 5.41) is 20.4. The lowest BCUT2D eigenvalue weighted by Gasteiger charge is -2.30. The molecule has 0 atom stereocenters. The Morgan fingerprint density at radius 1 is 0.903 bits per heavy atom. The maximum Gasteiger partial charge on any atom is 0.146 e. The number of phenols is 1. The molecule has 0 saturated heterocycles. The lowest BCUT2D eigenvalue weighted by Crippen LogP contribution is -2.21. The third kappa shape index (κ3) is 5.17. The molecule has 166 valence electrons. The molecule has 0 amide bonds. The number of benzene rings is 2. The zero-order chi connectivity index (χ0) is 22.6. The van der Waals surface area contributed by atoms with E-state index in [4.69, 9.17) is 5.10 Å². The van der Waals surface area contributed by atoms with Crippen LogP contribution in [0.4, 0.5) is 0 Å². The fourth-order valence-electron chi connectivity index (χ4n) is 3.72. The lowest BCUT2D eigenvalue weighted by molar-refractivity contribution is 0.419. The van der Waals surface area contributed by atoms with Gasteiger partial charge in [0.2, 0.25) is 0 Å². The first kappa shape index (κ1) is 23.1. The minimum absolute atomic E-state index is 0.00663. The molecular formula is C27H37N3O. The van der Waals surface area contributed by atoms with Crippen molar-refractivity contribution in [3.05, 3.63) is 71.0 Å². The Kier molecular flexibility index (Phi) is 6.88. The summed E-state index contributed by atoms with van der Waals surface area (Å²) in [5.41, 5.74) is 5.01. The number of aromatic hydroxyl groups is 1. The lowest BCUT2D eigenvalue weighted by atomic mass is 9.76. The van der Waals surface area contributed by atoms with Crippen molar-refractivity contribution in [1.82, 2.24) is 15.0 Å². The standard InChI is InChI=1S/C27H37N3O/c1-7-26(3,4)21-17-23(27(5,6)8-2)25(31)24(18-21)30-28-19-22(29-30)16-12-15-20-13-10-9-11-14-20/h9-11,13-14,17-19,31H,7-8,12,15-16H2,1-6H3. The van der Waals surface area contributed by atoms with Gasteiger partial charge in [-0.05, 0) is 60.1 Å². The zero-order valence-corrected chi connectivity index (χ0v) is 19.9. The second kappa shape index (κ2) is 9.25. The molecule has 0 spiro atoms. The Bertz CT molecular complexity index is 1000. The van der Waals surface area contributed by atoms with Gasteiger partial charge in [-0.25, -0.2) is 0 Å². The van der Waals surface area contributed by atoms with Crippen LogP contribution in [0.5, 0.6) is 5.75 Å². The third-order valence-corrected chi connectivity index (χ3v) is 6.86. The van der Waals surface area contributed by atoms with E-state index in [-0.39, 0.29) is 16.6 Å². The quantitative estimate of drug-likeness (QED) is 0.429. The van der Waals surface area contributed by atoms with E-state index in [0.717, 1.165) is 43.4 Å². The average molecular weight is 420 g/mol. The smallest absolute Gasteiger partial charge is 0.146 e. The van der Waals surface area contributed by atoms with Gasteiger partial charge in [0.15, 0.2) is 0 Å². The van der Waals surface area contributed by atoms with E-state index < -0.39 is 0 Å². The molecule has 0 unspecified atom stereocenters. The summed E-state index contributed by atoms with van der Waals surface area (Å²) in [6, 6.07) is 14.8. The monoisotopic (exact) mass is 419 g/mol. The van der Waals surface area contributed by atoms with E-state index in [1.54, 1.807) is 4.80 Å². The van der Waals surface area contributed by atoms with Crippen LogP contribution in [-0.4, -0.2) is 20.1 Å². The SMILES string of the molecule is CCC(C)(C)c1cc(-n2ncc(CCCc3ccccc3)n2)c(O)c(C(C)(C)CC)c1. The fourth-order valence-corrected chi connectivity index (χ4v) is 3.72. The minimum Gasteiger partial charge on any atom is -0.505 e. The van der Waals surface area contributed by atoms with Crippen molar-refractivity contribution in [3.63, 3.8) is 0 Å². The largest absolute Gasteiger partial charge is 0.505 e. The molecule has 3 rings (SSSR count). The number of phenolic OH excluding ortho intramolecular Hbond substituents is 1. The summed E-state index contributed by atoms with van der Waals surface area (Å²) >= 11 is 0. The first-order chi connectivity index (χ1) is 14.7. The average Bonchev–Trinajstić information content (AvgIpc) is 3.23. The predicted octanol–water partition coefficient (Wildman–Crippen LogP) is 6.52. The van der Waals surface area contributed by atoms with Gasteiger partial charge in [-0.3, -0.25) is 0 Å². The molecule has 0 aliphatic carbocycles. The van der Waals surface area contributed by atoms with Gasteiger partial charge in [0.1, 0.15) is 11.4 Å². The predicted molar refractivity (Wildman–Crippen MR) is 128 cm³/mol. The molecule has 2 aromatic carbocycles. The van der Waals surface area contributed by atoms with Crippen LogP contribution < -0.4 is 0 Å². The van der Waals surface area contributed by atoms with Crippen molar-refractivity contribution < 1.29 is 5.11 Å². The summed E-state index contributed by atoms with van der Waals surface area (Å²) in [7, 11) is 0. The molecular weight excluding hydrogens is 382 g/mol. The van der Waals surface area contributed by atoms with Crippen LogP contribution in [-0.2, 0) is 23.7 Å². The van der Waals surface area contributed by atoms with E-state index in [9.17, 15) is 5.11 Å². The van der Waals surface area contributed by atoms with Crippen molar-refractivity contribution in [2.24, 2.45) is 0 Å². The Hall–Kier alpha value is -2.62. The molecule has 0 fully saturated rings. The summed E-state index contributed by atoms with van der Waals surface area (Å²) in [6.07, 6.45) is 6.68. The fraction of sp³-hybridized carbons (Fsp3) is 0.481. The first-order valence-electron chi connectivity index (χ1n) is 11.5. The highest BCUT2D eigenvalue weighted by molar-refractivity contribution is 5.56. The van der Waals surface area contributed by atoms with Crippen LogP contribution in [0.3, 0.4) is 0 Å². The van der Waals surface area contributed by atoms with E-state index in [2.05, 4.69) is 83.0 Å². The minimum atomic E-state index is -0.135. The third-order valence-electron chi connectivity index (χ3n) is 6.86. The van der Waals surface area contributed by atoms with Crippen LogP contribution in [0.1, 0.15) is 83.2 Å². The van der Waals surface area contributed by atoms with Gasteiger partial charge in [0, 0.05) is 5.56 Å². The van der Waals surface area contributed by atoms with Crippen LogP contribution in [0.15, 0.2) is 48.7 Å². The van der Waals surface area contributed by atoms with Gasteiger partial charge < -0.3 is 5.11 Å². The Morgan fingerprint density at radius 3 is 2.23 bits per heavy atom. The molecule has 3 aromatic rings. The van der Waals surface area contributed by atoms with Crippen molar-refractivity contribution in [3.8, 4) is 11.4 Å². The van der Waals surface area contributed by atoms with Gasteiger partial charge in [-0.2, -0.15) is 10.2 Å². The molecule has 0 aliphatic heterocycles. The van der Waals surface area contributed by atoms with E-state index in [1.807, 2.05) is 12.3 Å². The van der Waals surface area contributed by atoms with Crippen molar-refractivity contribution in [1.29, 1.82) is 0 Å². The number of aryl methyl sites for hydroxylation is 2. The van der Waals surface area contributed by atoms with E-state index >= 15 is 0 Å². The molecule has 1 aromatic heterocycles.